The van der Waals surface area contributed by atoms with Gasteiger partial charge in [0.15, 0.2) is 6.10 Å². The van der Waals surface area contributed by atoms with Crippen molar-refractivity contribution in [3.8, 4) is 0 Å². The number of nitrogens with zero attached hydrogens (tertiary/aromatic N) is 1. The van der Waals surface area contributed by atoms with Crippen LogP contribution in [0.3, 0.4) is 0 Å². The van der Waals surface area contributed by atoms with Crippen molar-refractivity contribution in [3.05, 3.63) is 38.9 Å². The van der Waals surface area contributed by atoms with Crippen LogP contribution in [0.15, 0.2) is 18.2 Å². The summed E-state index contributed by atoms with van der Waals surface area (Å²) in [6, 6.07) is 5.05. The highest BCUT2D eigenvalue weighted by Crippen LogP contribution is 2.36. The van der Waals surface area contributed by atoms with E-state index in [1.165, 1.54) is 6.92 Å². The molecule has 0 bridgehead atoms. The molecule has 0 saturated heterocycles. The number of rotatable bonds is 7. The molecule has 8 nitrogen and oxygen atoms in total. The van der Waals surface area contributed by atoms with Gasteiger partial charge in [-0.2, -0.15) is 0 Å². The highest BCUT2D eigenvalue weighted by molar-refractivity contribution is 6.31. The molecule has 1 aromatic rings. The Bertz CT molecular complexity index is 797. The monoisotopic (exact) mass is 410 g/mol. The summed E-state index contributed by atoms with van der Waals surface area (Å²) in [7, 11) is 0. The Labute approximate surface area is 167 Å². The molecule has 1 saturated carbocycles. The highest BCUT2D eigenvalue weighted by Gasteiger charge is 2.44. The summed E-state index contributed by atoms with van der Waals surface area (Å²) < 4.78 is 5.15. The van der Waals surface area contributed by atoms with Crippen LogP contribution in [0, 0.1) is 34.8 Å². The Kier molecular flexibility index (Phi) is 7.12. The Hall–Kier alpha value is -2.48. The van der Waals surface area contributed by atoms with Crippen molar-refractivity contribution in [3.63, 3.8) is 0 Å². The molecule has 1 aromatic carbocycles. The number of ketones is 1. The van der Waals surface area contributed by atoms with E-state index >= 15 is 0 Å². The van der Waals surface area contributed by atoms with Gasteiger partial charge in [-0.05, 0) is 37.5 Å². The first kappa shape index (κ1) is 21.8. The van der Waals surface area contributed by atoms with Crippen molar-refractivity contribution in [1.29, 1.82) is 0 Å². The summed E-state index contributed by atoms with van der Waals surface area (Å²) in [6.07, 6.45) is -1.15. The zero-order valence-electron chi connectivity index (χ0n) is 15.9. The van der Waals surface area contributed by atoms with Crippen LogP contribution < -0.4 is 5.32 Å². The zero-order valence-corrected chi connectivity index (χ0v) is 16.7. The normalized spacial score (nSPS) is 22.6. The third-order valence-electron chi connectivity index (χ3n) is 5.13. The topological polar surface area (TPSA) is 116 Å². The molecule has 1 fully saturated rings. The highest BCUT2D eigenvalue weighted by atomic mass is 35.5. The summed E-state index contributed by atoms with van der Waals surface area (Å²) in [5, 5.41) is 14.0. The minimum absolute atomic E-state index is 0.165. The largest absolute Gasteiger partial charge is 0.453 e. The van der Waals surface area contributed by atoms with E-state index in [9.17, 15) is 24.5 Å². The Morgan fingerprint density at radius 1 is 1.43 bits per heavy atom. The van der Waals surface area contributed by atoms with Crippen LogP contribution in [0.25, 0.3) is 0 Å². The van der Waals surface area contributed by atoms with E-state index in [0.29, 0.717) is 16.3 Å². The number of Topliss-reactive ketones (excluding diaryl/α,β-unsaturated/α-hetero) is 1. The van der Waals surface area contributed by atoms with Crippen molar-refractivity contribution in [2.75, 3.05) is 11.9 Å². The average molecular weight is 411 g/mol. The summed E-state index contributed by atoms with van der Waals surface area (Å²) in [4.78, 5) is 47.0. The number of nitro groups is 1. The number of nitrogens with one attached hydrogen (secondary N) is 1. The first-order valence-electron chi connectivity index (χ1n) is 9.00. The maximum atomic E-state index is 12.3. The number of hydrogen-bond donors (Lipinski definition) is 1. The minimum Gasteiger partial charge on any atom is -0.453 e. The molecule has 1 amide bonds. The van der Waals surface area contributed by atoms with Crippen LogP contribution in [0.5, 0.6) is 0 Å². The number of anilines is 1. The quantitative estimate of drug-likeness (QED) is 0.419. The maximum absolute atomic E-state index is 12.3. The molecule has 2 rings (SSSR count). The Balaban J connectivity index is 1.95. The Morgan fingerprint density at radius 3 is 2.75 bits per heavy atom. The molecular weight excluding hydrogens is 388 g/mol. The van der Waals surface area contributed by atoms with Crippen molar-refractivity contribution >= 4 is 34.9 Å². The molecule has 0 aromatic heterocycles. The first-order valence-corrected chi connectivity index (χ1v) is 9.38. The predicted molar refractivity (Wildman–Crippen MR) is 103 cm³/mol. The van der Waals surface area contributed by atoms with E-state index in [0.717, 1.165) is 0 Å². The molecule has 4 atom stereocenters. The molecule has 0 heterocycles. The standard InChI is InChI=1S/C19H23ClN2O6/c1-10-7-17(23)13(14(10)9-22(26)27)8-18(24)28-12(3)19(25)21-16-6-4-5-15(20)11(16)2/h4-6,10,12-14H,7-9H2,1-3H3,(H,21,25)/t10-,12+,13+,14-/m1/s1. The lowest BCUT2D eigenvalue weighted by molar-refractivity contribution is -0.490. The third-order valence-corrected chi connectivity index (χ3v) is 5.54. The van der Waals surface area contributed by atoms with Gasteiger partial charge in [-0.15, -0.1) is 0 Å². The number of benzene rings is 1. The predicted octanol–water partition coefficient (Wildman–Crippen LogP) is 3.03. The third kappa shape index (κ3) is 5.28. The van der Waals surface area contributed by atoms with Crippen molar-refractivity contribution < 1.29 is 24.0 Å². The number of carbonyl (C=O) groups is 3. The van der Waals surface area contributed by atoms with Gasteiger partial charge in [0.1, 0.15) is 5.78 Å². The van der Waals surface area contributed by atoms with E-state index in [1.807, 2.05) is 0 Å². The summed E-state index contributed by atoms with van der Waals surface area (Å²) in [6.45, 7) is 4.56. The number of esters is 1. The maximum Gasteiger partial charge on any atom is 0.307 e. The molecule has 1 aliphatic rings. The van der Waals surface area contributed by atoms with E-state index < -0.39 is 34.7 Å². The van der Waals surface area contributed by atoms with Crippen LogP contribution in [0.2, 0.25) is 5.02 Å². The lowest BCUT2D eigenvalue weighted by Crippen LogP contribution is -2.32. The molecule has 152 valence electrons. The van der Waals surface area contributed by atoms with Crippen molar-refractivity contribution in [1.82, 2.24) is 0 Å². The van der Waals surface area contributed by atoms with Gasteiger partial charge >= 0.3 is 5.97 Å². The van der Waals surface area contributed by atoms with Gasteiger partial charge < -0.3 is 10.1 Å². The molecule has 0 spiro atoms. The van der Waals surface area contributed by atoms with E-state index in [4.69, 9.17) is 16.3 Å². The van der Waals surface area contributed by atoms with Gasteiger partial charge in [-0.3, -0.25) is 24.5 Å². The summed E-state index contributed by atoms with van der Waals surface area (Å²) >= 11 is 6.01. The summed E-state index contributed by atoms with van der Waals surface area (Å²) in [5.74, 6) is -2.87. The Morgan fingerprint density at radius 2 is 2.11 bits per heavy atom. The molecule has 1 aliphatic carbocycles. The zero-order chi connectivity index (χ0) is 21.0. The van der Waals surface area contributed by atoms with Gasteiger partial charge in [0.25, 0.3) is 5.91 Å². The van der Waals surface area contributed by atoms with E-state index in [-0.39, 0.29) is 31.1 Å². The lowest BCUT2D eigenvalue weighted by Gasteiger charge is -2.19. The van der Waals surface area contributed by atoms with Gasteiger partial charge in [0, 0.05) is 33.9 Å². The van der Waals surface area contributed by atoms with Crippen LogP contribution in [0.1, 0.15) is 32.3 Å². The second-order valence-corrected chi connectivity index (χ2v) is 7.58. The second kappa shape index (κ2) is 9.14. The minimum atomic E-state index is -1.09. The SMILES string of the molecule is Cc1c(Cl)cccc1NC(=O)[C@H](C)OC(=O)C[C@@H]1C(=O)C[C@@H](C)[C@H]1C[N+](=O)[O-]. The molecule has 9 heteroatoms. The second-order valence-electron chi connectivity index (χ2n) is 7.17. The number of hydrogen-bond acceptors (Lipinski definition) is 6. The number of halogens is 1. The number of carbonyl (C=O) groups excluding carboxylic acids is 3. The number of ether oxygens (including phenoxy) is 1. The molecule has 0 aliphatic heterocycles. The fourth-order valence-electron chi connectivity index (χ4n) is 3.46. The molecule has 0 unspecified atom stereocenters. The smallest absolute Gasteiger partial charge is 0.307 e. The van der Waals surface area contributed by atoms with Gasteiger partial charge in [0.2, 0.25) is 6.54 Å². The lowest BCUT2D eigenvalue weighted by atomic mass is 9.88. The van der Waals surface area contributed by atoms with E-state index in [1.54, 1.807) is 32.0 Å². The van der Waals surface area contributed by atoms with E-state index in [2.05, 4.69) is 5.32 Å². The fraction of sp³-hybridized carbons (Fsp3) is 0.526. The first-order chi connectivity index (χ1) is 13.1. The van der Waals surface area contributed by atoms with Crippen LogP contribution in [0.4, 0.5) is 5.69 Å². The fourth-order valence-corrected chi connectivity index (χ4v) is 3.63. The van der Waals surface area contributed by atoms with Gasteiger partial charge in [-0.25, -0.2) is 0 Å². The molecule has 0 radical (unpaired) electrons. The van der Waals surface area contributed by atoms with Crippen molar-refractivity contribution in [2.45, 2.75) is 39.7 Å². The van der Waals surface area contributed by atoms with Crippen LogP contribution in [-0.4, -0.2) is 35.2 Å². The van der Waals surface area contributed by atoms with Crippen molar-refractivity contribution in [2.24, 2.45) is 17.8 Å². The summed E-state index contributed by atoms with van der Waals surface area (Å²) in [5.41, 5.74) is 1.19. The molecule has 28 heavy (non-hydrogen) atoms. The molecule has 1 N–H and O–H groups in total. The van der Waals surface area contributed by atoms with Gasteiger partial charge in [0.05, 0.1) is 6.42 Å². The van der Waals surface area contributed by atoms with Gasteiger partial charge in [-0.1, -0.05) is 24.6 Å². The van der Waals surface area contributed by atoms with Crippen LogP contribution in [-0.2, 0) is 19.1 Å². The average Bonchev–Trinajstić information content (AvgIpc) is 2.85. The number of amides is 1. The molecular formula is C19H23ClN2O6. The van der Waals surface area contributed by atoms with Crippen LogP contribution >= 0.6 is 11.6 Å².